The van der Waals surface area contributed by atoms with Gasteiger partial charge in [-0.2, -0.15) is 39.5 Å². The fourth-order valence-corrected chi connectivity index (χ4v) is 22.6. The summed E-state index contributed by atoms with van der Waals surface area (Å²) in [6, 6.07) is 24.6. The summed E-state index contributed by atoms with van der Waals surface area (Å²) >= 11 is 0. The van der Waals surface area contributed by atoms with Crippen molar-refractivity contribution < 1.29 is 39.5 Å². The van der Waals surface area contributed by atoms with Crippen molar-refractivity contribution in [1.82, 2.24) is 0 Å². The molecule has 0 saturated heterocycles. The van der Waals surface area contributed by atoms with Crippen LogP contribution in [-0.2, 0) is 0 Å². The highest BCUT2D eigenvalue weighted by Crippen LogP contribution is 2.44. The van der Waals surface area contributed by atoms with Gasteiger partial charge in [0.2, 0.25) is 0 Å². The number of halogens is 9. The molecule has 5 rings (SSSR count). The molecule has 362 valence electrons. The normalized spacial score (nSPS) is 13.2. The van der Waals surface area contributed by atoms with Crippen LogP contribution in [0.4, 0.5) is 39.5 Å². The van der Waals surface area contributed by atoms with Gasteiger partial charge in [-0.25, -0.2) is 0 Å². The number of terminal acetylenes is 1. The van der Waals surface area contributed by atoms with Gasteiger partial charge in [-0.1, -0.05) is 143 Å². The number of benzene rings is 5. The molecule has 0 aromatic heterocycles. The topological polar surface area (TPSA) is 0 Å². The molecule has 67 heavy (non-hydrogen) atoms. The van der Waals surface area contributed by atoms with Crippen molar-refractivity contribution in [2.24, 2.45) is 0 Å². The van der Waals surface area contributed by atoms with Crippen LogP contribution in [0.25, 0.3) is 43.1 Å². The van der Waals surface area contributed by atoms with Crippen LogP contribution in [0.2, 0.25) is 51.4 Å². The summed E-state index contributed by atoms with van der Waals surface area (Å²) < 4.78 is 119. The van der Waals surface area contributed by atoms with Crippen LogP contribution in [0.5, 0.6) is 0 Å². The summed E-state index contributed by atoms with van der Waals surface area (Å²) in [5.41, 5.74) is 11.8. The zero-order valence-electron chi connectivity index (χ0n) is 41.1. The van der Waals surface area contributed by atoms with E-state index in [1.54, 1.807) is 0 Å². The Hall–Kier alpha value is -4.16. The molecule has 0 radical (unpaired) electrons. The Labute approximate surface area is 396 Å². The van der Waals surface area contributed by atoms with Gasteiger partial charge in [0.05, 0.1) is 0 Å². The van der Waals surface area contributed by atoms with Crippen molar-refractivity contribution in [1.29, 1.82) is 0 Å². The molecule has 0 heterocycles. The number of hydrogen-bond donors (Lipinski definition) is 0. The molecule has 0 spiro atoms. The highest BCUT2D eigenvalue weighted by molar-refractivity contribution is 6.90. The second kappa shape index (κ2) is 21.6. The number of alkyl halides is 9. The maximum Gasteiger partial charge on any atom is 0.388 e. The third-order valence-corrected chi connectivity index (χ3v) is 31.9. The molecule has 0 unspecified atom stereocenters. The minimum absolute atomic E-state index is 0.00599. The summed E-state index contributed by atoms with van der Waals surface area (Å²) in [5.74, 6) is 7.11. The molecule has 0 fully saturated rings. The molecule has 5 aromatic rings. The van der Waals surface area contributed by atoms with Gasteiger partial charge in [0.15, 0.2) is 0 Å². The second-order valence-corrected chi connectivity index (χ2v) is 35.7. The average Bonchev–Trinajstić information content (AvgIpc) is 3.21. The lowest BCUT2D eigenvalue weighted by Gasteiger charge is -2.34. The highest BCUT2D eigenvalue weighted by Gasteiger charge is 2.44. The summed E-state index contributed by atoms with van der Waals surface area (Å²) in [4.78, 5) is 0. The van der Waals surface area contributed by atoms with E-state index in [2.05, 4.69) is 52.7 Å². The molecule has 0 amide bonds. The predicted molar refractivity (Wildman–Crippen MR) is 273 cm³/mol. The first kappa shape index (κ1) is 55.4. The van der Waals surface area contributed by atoms with Crippen molar-refractivity contribution >= 4 is 67.3 Å². The number of fused-ring (bicyclic) bond motifs is 4. The molecule has 0 nitrogen and oxygen atoms in total. The zero-order valence-corrected chi connectivity index (χ0v) is 44.1. The van der Waals surface area contributed by atoms with E-state index in [-0.39, 0.29) is 51.4 Å². The van der Waals surface area contributed by atoms with E-state index in [0.29, 0.717) is 0 Å². The Kier molecular flexibility index (Phi) is 17.9. The van der Waals surface area contributed by atoms with Crippen molar-refractivity contribution in [2.45, 2.75) is 172 Å². The first-order chi connectivity index (χ1) is 30.9. The van der Waals surface area contributed by atoms with E-state index in [9.17, 15) is 39.5 Å². The van der Waals surface area contributed by atoms with E-state index < -0.39 is 62.0 Å². The molecule has 0 aliphatic heterocycles. The Balaban J connectivity index is 0.000000560. The molecule has 5 aromatic carbocycles. The molecule has 12 heteroatoms. The van der Waals surface area contributed by atoms with Crippen molar-refractivity contribution in [2.75, 3.05) is 0 Å². The van der Waals surface area contributed by atoms with Crippen molar-refractivity contribution in [3.05, 3.63) is 83.9 Å². The fraction of sp³-hybridized carbons (Fsp3) is 0.491. The van der Waals surface area contributed by atoms with E-state index in [1.807, 2.05) is 132 Å². The van der Waals surface area contributed by atoms with Crippen molar-refractivity contribution in [3.63, 3.8) is 0 Å². The van der Waals surface area contributed by atoms with Gasteiger partial charge in [0.1, 0.15) is 24.2 Å². The molecule has 0 bridgehead atoms. The lowest BCUT2D eigenvalue weighted by atomic mass is 9.89. The van der Waals surface area contributed by atoms with E-state index in [0.717, 1.165) is 54.2 Å². The van der Waals surface area contributed by atoms with Gasteiger partial charge >= 0.3 is 18.5 Å². The van der Waals surface area contributed by atoms with Crippen LogP contribution in [-0.4, -0.2) is 42.8 Å². The summed E-state index contributed by atoms with van der Waals surface area (Å²) in [6.07, 6.45) is -9.60. The second-order valence-electron chi connectivity index (χ2n) is 20.3. The minimum atomic E-state index is -4.27. The highest BCUT2D eigenvalue weighted by atomic mass is 28.3. The lowest BCUT2D eigenvalue weighted by molar-refractivity contribution is -0.131. The number of hydrogen-bond acceptors (Lipinski definition) is 0. The molecular formula is C55H67F9Si3. The average molecular weight is 983 g/mol. The Bertz CT molecular complexity index is 2390. The van der Waals surface area contributed by atoms with Gasteiger partial charge in [-0.3, -0.25) is 0 Å². The molecular weight excluding hydrogens is 916 g/mol. The van der Waals surface area contributed by atoms with Gasteiger partial charge in [-0.15, -0.1) is 23.1 Å². The van der Waals surface area contributed by atoms with Gasteiger partial charge < -0.3 is 0 Å². The number of rotatable bonds is 12. The summed E-state index contributed by atoms with van der Waals surface area (Å²) in [5, 5.41) is 7.35. The monoisotopic (exact) mass is 982 g/mol. The first-order valence-electron chi connectivity index (χ1n) is 23.5. The minimum Gasteiger partial charge on any atom is -0.171 e. The zero-order chi connectivity index (χ0) is 50.5. The van der Waals surface area contributed by atoms with E-state index in [4.69, 9.17) is 6.42 Å². The van der Waals surface area contributed by atoms with Gasteiger partial charge in [0.25, 0.3) is 0 Å². The van der Waals surface area contributed by atoms with Crippen LogP contribution in [0.1, 0.15) is 113 Å². The third-order valence-electron chi connectivity index (χ3n) is 14.6. The predicted octanol–water partition coefficient (Wildman–Crippen LogP) is 18.9. The Morgan fingerprint density at radius 3 is 0.821 bits per heavy atom. The van der Waals surface area contributed by atoms with Crippen LogP contribution < -0.4 is 0 Å². The SMILES string of the molecule is C#C[Si](CCC(F)(F)F)(C(C)C)C(C)C.CC(C)[Si](C#Cc1c2cc3ccccc3cc2c(C#C[Si](CCC(F)(F)F)(C(C)C)C(C)C)c2cc3ccccc3cc12)(CCC(F)(F)F)C(C)C. The van der Waals surface area contributed by atoms with Crippen LogP contribution in [0.3, 0.4) is 0 Å². The van der Waals surface area contributed by atoms with Gasteiger partial charge in [0, 0.05) is 30.4 Å². The maximum absolute atomic E-state index is 13.7. The standard InChI is InChI=1S/C44H48F6Si2.C11H19F3Si/c1-29(2)51(30(3)4,23-19-43(45,46)47)21-17-37-39-25-33-13-9-11-15-35(33)27-41(39)38(42-28-36-16-12-10-14-34(36)26-40(37)42)18-22-52(31(5)6,32(7)8)24-20-44(48,49)50;1-6-15(9(2)3,10(4)5)8-7-11(12,13)14/h9-16,25-32H,19-20,23-24H2,1-8H3;1,9-10H,7-8H2,2-5H3. The van der Waals surface area contributed by atoms with E-state index >= 15 is 0 Å². The Morgan fingerprint density at radius 2 is 0.627 bits per heavy atom. The fourth-order valence-electron chi connectivity index (χ4n) is 10.1. The van der Waals surface area contributed by atoms with Crippen LogP contribution in [0.15, 0.2) is 72.8 Å². The third kappa shape index (κ3) is 13.1. The maximum atomic E-state index is 13.7. The van der Waals surface area contributed by atoms with E-state index in [1.165, 1.54) is 0 Å². The van der Waals surface area contributed by atoms with Crippen LogP contribution in [0, 0.1) is 34.9 Å². The molecule has 0 saturated carbocycles. The smallest absolute Gasteiger partial charge is 0.171 e. The van der Waals surface area contributed by atoms with Crippen molar-refractivity contribution in [3.8, 4) is 34.9 Å². The molecule has 0 N–H and O–H groups in total. The quantitative estimate of drug-likeness (QED) is 0.0506. The molecule has 0 aliphatic rings. The molecule has 0 atom stereocenters. The lowest BCUT2D eigenvalue weighted by Crippen LogP contribution is -2.41. The first-order valence-corrected chi connectivity index (χ1v) is 30.6. The van der Waals surface area contributed by atoms with Gasteiger partial charge in [-0.05, 0) is 119 Å². The largest absolute Gasteiger partial charge is 0.388 e. The Morgan fingerprint density at radius 1 is 0.403 bits per heavy atom. The molecule has 0 aliphatic carbocycles. The summed E-state index contributed by atoms with van der Waals surface area (Å²) in [7, 11) is -7.87. The summed E-state index contributed by atoms with van der Waals surface area (Å²) in [6.45, 7) is 23.8. The van der Waals surface area contributed by atoms with Crippen LogP contribution >= 0.6 is 0 Å².